The average molecular weight is 561 g/mol. The van der Waals surface area contributed by atoms with Crippen molar-refractivity contribution >= 4 is 34.2 Å². The molecule has 41 heavy (non-hydrogen) atoms. The molecule has 1 saturated heterocycles. The molecular weight excluding hydrogens is 530 g/mol. The van der Waals surface area contributed by atoms with Crippen LogP contribution in [-0.4, -0.2) is 51.5 Å². The predicted molar refractivity (Wildman–Crippen MR) is 150 cm³/mol. The molecule has 9 nitrogen and oxygen atoms in total. The topological polar surface area (TPSA) is 112 Å². The Balaban J connectivity index is 1.13. The van der Waals surface area contributed by atoms with Crippen LogP contribution in [0.3, 0.4) is 0 Å². The number of hydrogen-bond acceptors (Lipinski definition) is 6. The Labute approximate surface area is 235 Å². The van der Waals surface area contributed by atoms with E-state index in [4.69, 9.17) is 4.74 Å². The first-order valence-corrected chi connectivity index (χ1v) is 13.8. The summed E-state index contributed by atoms with van der Waals surface area (Å²) >= 11 is 0. The quantitative estimate of drug-likeness (QED) is 0.236. The van der Waals surface area contributed by atoms with Crippen LogP contribution >= 0.6 is 0 Å². The monoisotopic (exact) mass is 560 g/mol. The van der Waals surface area contributed by atoms with E-state index < -0.39 is 28.9 Å². The van der Waals surface area contributed by atoms with Gasteiger partial charge in [-0.15, -0.1) is 0 Å². The Morgan fingerprint density at radius 3 is 2.34 bits per heavy atom. The number of anilines is 2. The summed E-state index contributed by atoms with van der Waals surface area (Å²) in [5, 5.41) is 13.4. The minimum Gasteiger partial charge on any atom is -0.453 e. The molecule has 2 aromatic carbocycles. The van der Waals surface area contributed by atoms with Gasteiger partial charge < -0.3 is 20.3 Å². The minimum absolute atomic E-state index is 0.0196. The molecule has 1 aliphatic carbocycles. The molecule has 4 aromatic rings. The molecule has 2 fully saturated rings. The van der Waals surface area contributed by atoms with E-state index in [1.54, 1.807) is 12.3 Å². The van der Waals surface area contributed by atoms with E-state index in [2.05, 4.69) is 30.7 Å². The second-order valence-electron chi connectivity index (χ2n) is 10.6. The number of aromatic nitrogens is 3. The fourth-order valence-electron chi connectivity index (χ4n) is 5.19. The first-order valence-electron chi connectivity index (χ1n) is 13.8. The van der Waals surface area contributed by atoms with Crippen molar-refractivity contribution in [2.24, 2.45) is 5.41 Å². The number of carbonyl (C=O) groups excluding carboxylic acids is 2. The van der Waals surface area contributed by atoms with Crippen LogP contribution in [-0.2, 0) is 16.0 Å². The van der Waals surface area contributed by atoms with E-state index in [0.29, 0.717) is 41.7 Å². The third-order valence-corrected chi connectivity index (χ3v) is 7.74. The SMILES string of the molecule is O=C(Nc1ccc(F)cc1)C1(C(=O)Nc2ccc(Oc3ccnc4[nH]nc(CCN5CCCCC5)c34)c(F)c2)CC1. The molecule has 1 aliphatic heterocycles. The van der Waals surface area contributed by atoms with Crippen molar-refractivity contribution in [3.8, 4) is 11.5 Å². The molecule has 2 amide bonds. The predicted octanol–water partition coefficient (Wildman–Crippen LogP) is 5.41. The number of ether oxygens (including phenoxy) is 1. The first kappa shape index (κ1) is 26.8. The molecule has 0 unspecified atom stereocenters. The molecule has 0 radical (unpaired) electrons. The molecule has 2 aliphatic rings. The zero-order chi connectivity index (χ0) is 28.4. The number of amides is 2. The number of nitrogens with zero attached hydrogens (tertiary/aromatic N) is 3. The van der Waals surface area contributed by atoms with Gasteiger partial charge in [0.05, 0.1) is 11.1 Å². The van der Waals surface area contributed by atoms with Crippen LogP contribution in [0.15, 0.2) is 54.7 Å². The summed E-state index contributed by atoms with van der Waals surface area (Å²) in [6, 6.07) is 11.1. The highest BCUT2D eigenvalue weighted by Crippen LogP contribution is 2.47. The maximum absolute atomic E-state index is 15.2. The highest BCUT2D eigenvalue weighted by atomic mass is 19.1. The van der Waals surface area contributed by atoms with E-state index in [-0.39, 0.29) is 11.4 Å². The summed E-state index contributed by atoms with van der Waals surface area (Å²) in [6.07, 6.45) is 6.69. The molecule has 3 N–H and O–H groups in total. The van der Waals surface area contributed by atoms with Gasteiger partial charge in [-0.2, -0.15) is 5.10 Å². The number of rotatable bonds is 9. The third-order valence-electron chi connectivity index (χ3n) is 7.74. The number of benzene rings is 2. The number of piperidine rings is 1. The number of fused-ring (bicyclic) bond motifs is 1. The highest BCUT2D eigenvalue weighted by Gasteiger charge is 2.56. The number of aromatic amines is 1. The smallest absolute Gasteiger partial charge is 0.240 e. The fraction of sp³-hybridized carbons (Fsp3) is 0.333. The lowest BCUT2D eigenvalue weighted by atomic mass is 10.0. The Morgan fingerprint density at radius 1 is 0.927 bits per heavy atom. The molecule has 0 bridgehead atoms. The van der Waals surface area contributed by atoms with Crippen LogP contribution in [0.25, 0.3) is 11.0 Å². The summed E-state index contributed by atoms with van der Waals surface area (Å²) in [7, 11) is 0. The van der Waals surface area contributed by atoms with Gasteiger partial charge >= 0.3 is 0 Å². The van der Waals surface area contributed by atoms with Crippen molar-refractivity contribution in [3.05, 3.63) is 72.1 Å². The maximum atomic E-state index is 15.2. The van der Waals surface area contributed by atoms with Gasteiger partial charge in [-0.05, 0) is 81.2 Å². The van der Waals surface area contributed by atoms with Crippen molar-refractivity contribution in [2.75, 3.05) is 30.3 Å². The molecule has 0 atom stereocenters. The van der Waals surface area contributed by atoms with Crippen molar-refractivity contribution in [3.63, 3.8) is 0 Å². The number of H-pyrrole nitrogens is 1. The largest absolute Gasteiger partial charge is 0.453 e. The van der Waals surface area contributed by atoms with Crippen LogP contribution < -0.4 is 15.4 Å². The maximum Gasteiger partial charge on any atom is 0.240 e. The van der Waals surface area contributed by atoms with Gasteiger partial charge in [0.25, 0.3) is 0 Å². The van der Waals surface area contributed by atoms with Crippen LogP contribution in [0.4, 0.5) is 20.2 Å². The standard InChI is InChI=1S/C30H30F2N6O3/c31-19-4-6-20(7-5-19)34-28(39)30(12-13-30)29(40)35-21-8-9-24(22(32)18-21)41-25-10-14-33-27-26(25)23(36-37-27)11-17-38-15-2-1-3-16-38/h4-10,14,18H,1-3,11-13,15-17H2,(H,34,39)(H,35,40)(H,33,36,37). The first-order chi connectivity index (χ1) is 19.9. The Kier molecular flexibility index (Phi) is 7.36. The Hall–Kier alpha value is -4.38. The van der Waals surface area contributed by atoms with Crippen LogP contribution in [0, 0.1) is 17.0 Å². The van der Waals surface area contributed by atoms with E-state index in [9.17, 15) is 14.0 Å². The molecular formula is C30H30F2N6O3. The lowest BCUT2D eigenvalue weighted by Gasteiger charge is -2.25. The molecule has 212 valence electrons. The van der Waals surface area contributed by atoms with Gasteiger partial charge in [-0.3, -0.25) is 14.7 Å². The van der Waals surface area contributed by atoms with Gasteiger partial charge in [-0.1, -0.05) is 6.42 Å². The number of likely N-dealkylation sites (tertiary alicyclic amines) is 1. The number of pyridine rings is 1. The van der Waals surface area contributed by atoms with Gasteiger partial charge in [-0.25, -0.2) is 13.8 Å². The van der Waals surface area contributed by atoms with Crippen molar-refractivity contribution in [2.45, 2.75) is 38.5 Å². The third kappa shape index (κ3) is 5.76. The van der Waals surface area contributed by atoms with Crippen molar-refractivity contribution < 1.29 is 23.1 Å². The summed E-state index contributed by atoms with van der Waals surface area (Å²) < 4.78 is 34.3. The molecule has 1 saturated carbocycles. The van der Waals surface area contributed by atoms with Crippen LogP contribution in [0.5, 0.6) is 11.5 Å². The number of hydrogen-bond donors (Lipinski definition) is 3. The molecule has 2 aromatic heterocycles. The summed E-state index contributed by atoms with van der Waals surface area (Å²) in [6.45, 7) is 3.04. The van der Waals surface area contributed by atoms with Gasteiger partial charge in [0.15, 0.2) is 17.2 Å². The Bertz CT molecular complexity index is 1580. The van der Waals surface area contributed by atoms with Gasteiger partial charge in [0.2, 0.25) is 11.8 Å². The average Bonchev–Trinajstić information content (AvgIpc) is 3.70. The second kappa shape index (κ2) is 11.2. The molecule has 6 rings (SSSR count). The summed E-state index contributed by atoms with van der Waals surface area (Å²) in [4.78, 5) is 32.6. The van der Waals surface area contributed by atoms with E-state index >= 15 is 4.39 Å². The number of carbonyl (C=O) groups is 2. The highest BCUT2D eigenvalue weighted by molar-refractivity contribution is 6.16. The van der Waals surface area contributed by atoms with Crippen molar-refractivity contribution in [1.29, 1.82) is 0 Å². The van der Waals surface area contributed by atoms with Crippen molar-refractivity contribution in [1.82, 2.24) is 20.1 Å². The van der Waals surface area contributed by atoms with E-state index in [1.807, 2.05) is 0 Å². The van der Waals surface area contributed by atoms with Crippen LogP contribution in [0.2, 0.25) is 0 Å². The summed E-state index contributed by atoms with van der Waals surface area (Å²) in [5.74, 6) is -1.71. The number of nitrogens with one attached hydrogen (secondary N) is 3. The van der Waals surface area contributed by atoms with E-state index in [1.165, 1.54) is 55.7 Å². The number of halogens is 2. The molecule has 11 heteroatoms. The normalized spacial score (nSPS) is 16.3. The molecule has 0 spiro atoms. The second-order valence-corrected chi connectivity index (χ2v) is 10.6. The molecule has 3 heterocycles. The van der Waals surface area contributed by atoms with E-state index in [0.717, 1.165) is 31.4 Å². The zero-order valence-electron chi connectivity index (χ0n) is 22.4. The fourth-order valence-corrected chi connectivity index (χ4v) is 5.19. The Morgan fingerprint density at radius 2 is 1.63 bits per heavy atom. The van der Waals surface area contributed by atoms with Crippen LogP contribution in [0.1, 0.15) is 37.8 Å². The summed E-state index contributed by atoms with van der Waals surface area (Å²) in [5.41, 5.74) is 0.710. The zero-order valence-corrected chi connectivity index (χ0v) is 22.4. The van der Waals surface area contributed by atoms with Gasteiger partial charge in [0, 0.05) is 36.6 Å². The minimum atomic E-state index is -1.26. The lowest BCUT2D eigenvalue weighted by Crippen LogP contribution is -2.35. The lowest BCUT2D eigenvalue weighted by molar-refractivity contribution is -0.131. The van der Waals surface area contributed by atoms with Gasteiger partial charge in [0.1, 0.15) is 17.0 Å².